The van der Waals surface area contributed by atoms with E-state index in [4.69, 9.17) is 0 Å². The minimum atomic E-state index is 0.337. The summed E-state index contributed by atoms with van der Waals surface area (Å²) in [6, 6.07) is 7.11. The van der Waals surface area contributed by atoms with Crippen molar-refractivity contribution in [3.8, 4) is 0 Å². The largest absolute Gasteiger partial charge is 0.0587 e. The molecule has 0 bridgehead atoms. The maximum atomic E-state index is 2.44. The molecular formula is C16H24. The Bertz CT molecular complexity index is 408. The lowest BCUT2D eigenvalue weighted by molar-refractivity contribution is 0.403. The maximum absolute atomic E-state index is 2.44. The Morgan fingerprint density at radius 1 is 0.938 bits per heavy atom. The average Bonchev–Trinajstić information content (AvgIpc) is 2.32. The smallest absolute Gasteiger partial charge is 0.00922 e. The first-order valence-corrected chi connectivity index (χ1v) is 6.39. The minimum Gasteiger partial charge on any atom is -0.0587 e. The first-order chi connectivity index (χ1) is 7.24. The van der Waals surface area contributed by atoms with Crippen LogP contribution in [0.2, 0.25) is 0 Å². The molecule has 1 aromatic carbocycles. The molecule has 0 nitrogen and oxygen atoms in total. The highest BCUT2D eigenvalue weighted by Crippen LogP contribution is 2.49. The summed E-state index contributed by atoms with van der Waals surface area (Å²) in [5, 5.41) is 0. The summed E-state index contributed by atoms with van der Waals surface area (Å²) in [6.45, 7) is 14.0. The number of fused-ring (bicyclic) bond motifs is 1. The van der Waals surface area contributed by atoms with E-state index in [0.29, 0.717) is 16.7 Å². The molecule has 0 aromatic heterocycles. The van der Waals surface area contributed by atoms with E-state index in [9.17, 15) is 0 Å². The van der Waals surface area contributed by atoms with Crippen LogP contribution in [0.3, 0.4) is 0 Å². The van der Waals surface area contributed by atoms with Crippen molar-refractivity contribution in [1.82, 2.24) is 0 Å². The molecule has 0 atom stereocenters. The molecule has 1 aliphatic rings. The van der Waals surface area contributed by atoms with Crippen molar-refractivity contribution in [2.24, 2.45) is 0 Å². The molecule has 0 saturated carbocycles. The molecule has 0 radical (unpaired) electrons. The lowest BCUT2D eigenvalue weighted by Gasteiger charge is -2.22. The quantitative estimate of drug-likeness (QED) is 0.634. The molecule has 0 amide bonds. The van der Waals surface area contributed by atoms with Gasteiger partial charge in [-0.25, -0.2) is 0 Å². The van der Waals surface area contributed by atoms with E-state index in [1.165, 1.54) is 12.0 Å². The van der Waals surface area contributed by atoms with Gasteiger partial charge in [-0.15, -0.1) is 0 Å². The van der Waals surface area contributed by atoms with E-state index in [2.05, 4.69) is 59.7 Å². The Labute approximate surface area is 100 Å². The van der Waals surface area contributed by atoms with E-state index in [1.54, 1.807) is 11.1 Å². The van der Waals surface area contributed by atoms with Crippen molar-refractivity contribution < 1.29 is 0 Å². The lowest BCUT2D eigenvalue weighted by atomic mass is 9.82. The number of hydrogen-bond donors (Lipinski definition) is 0. The van der Waals surface area contributed by atoms with Gasteiger partial charge in [0.15, 0.2) is 0 Å². The second-order valence-corrected chi connectivity index (χ2v) is 6.90. The third-order valence-corrected chi connectivity index (χ3v) is 4.05. The van der Waals surface area contributed by atoms with E-state index >= 15 is 0 Å². The van der Waals surface area contributed by atoms with Crippen molar-refractivity contribution in [3.05, 3.63) is 34.9 Å². The maximum Gasteiger partial charge on any atom is -0.00922 e. The van der Waals surface area contributed by atoms with Crippen molar-refractivity contribution >= 4 is 0 Å². The predicted molar refractivity (Wildman–Crippen MR) is 71.2 cm³/mol. The summed E-state index contributed by atoms with van der Waals surface area (Å²) in [6.07, 6.45) is 1.26. The molecule has 2 rings (SSSR count). The van der Waals surface area contributed by atoms with E-state index in [1.807, 2.05) is 0 Å². The van der Waals surface area contributed by atoms with Gasteiger partial charge < -0.3 is 0 Å². The standard InChI is InChI=1S/C16H24/c1-11(2)12-7-8-13-14(9-12)16(5,6)10-15(13,3)4/h7-9,11H,10H2,1-6H3. The van der Waals surface area contributed by atoms with E-state index in [-0.39, 0.29) is 0 Å². The van der Waals surface area contributed by atoms with E-state index < -0.39 is 0 Å². The molecule has 0 heterocycles. The molecule has 0 saturated heterocycles. The fourth-order valence-electron chi connectivity index (χ4n) is 3.37. The van der Waals surface area contributed by atoms with E-state index in [0.717, 1.165) is 0 Å². The third-order valence-electron chi connectivity index (χ3n) is 4.05. The summed E-state index contributed by atoms with van der Waals surface area (Å²) < 4.78 is 0. The SMILES string of the molecule is CC(C)c1ccc2c(c1)C(C)(C)CC2(C)C. The Morgan fingerprint density at radius 3 is 2.06 bits per heavy atom. The van der Waals surface area contributed by atoms with Crippen LogP contribution in [0.1, 0.15) is 70.6 Å². The lowest BCUT2D eigenvalue weighted by Crippen LogP contribution is -2.17. The van der Waals surface area contributed by atoms with Crippen LogP contribution in [0, 0.1) is 0 Å². The highest BCUT2D eigenvalue weighted by Gasteiger charge is 2.41. The number of hydrogen-bond acceptors (Lipinski definition) is 0. The number of rotatable bonds is 1. The highest BCUT2D eigenvalue weighted by molar-refractivity contribution is 5.47. The Balaban J connectivity index is 2.59. The van der Waals surface area contributed by atoms with Gasteiger partial charge in [-0.2, -0.15) is 0 Å². The van der Waals surface area contributed by atoms with Crippen LogP contribution in [0.4, 0.5) is 0 Å². The topological polar surface area (TPSA) is 0 Å². The van der Waals surface area contributed by atoms with Gasteiger partial charge in [0.2, 0.25) is 0 Å². The van der Waals surface area contributed by atoms with Gasteiger partial charge in [0, 0.05) is 0 Å². The Hall–Kier alpha value is -0.780. The van der Waals surface area contributed by atoms with Crippen molar-refractivity contribution in [1.29, 1.82) is 0 Å². The Kier molecular flexibility index (Phi) is 2.45. The molecule has 0 aliphatic heterocycles. The summed E-state index contributed by atoms with van der Waals surface area (Å²) >= 11 is 0. The zero-order valence-electron chi connectivity index (χ0n) is 11.5. The van der Waals surface area contributed by atoms with Gasteiger partial charge in [-0.3, -0.25) is 0 Å². The molecule has 0 heteroatoms. The first kappa shape index (κ1) is 11.7. The number of benzene rings is 1. The third kappa shape index (κ3) is 1.69. The summed E-state index contributed by atoms with van der Waals surface area (Å²) in [7, 11) is 0. The molecule has 1 aliphatic carbocycles. The second kappa shape index (κ2) is 3.35. The van der Waals surface area contributed by atoms with Crippen LogP contribution in [0.5, 0.6) is 0 Å². The van der Waals surface area contributed by atoms with Gasteiger partial charge in [-0.05, 0) is 39.9 Å². The molecule has 0 spiro atoms. The van der Waals surface area contributed by atoms with Crippen LogP contribution in [0.15, 0.2) is 18.2 Å². The fourth-order valence-corrected chi connectivity index (χ4v) is 3.37. The van der Waals surface area contributed by atoms with Crippen LogP contribution >= 0.6 is 0 Å². The monoisotopic (exact) mass is 216 g/mol. The van der Waals surface area contributed by atoms with Crippen LogP contribution < -0.4 is 0 Å². The normalized spacial score (nSPS) is 21.2. The second-order valence-electron chi connectivity index (χ2n) is 6.90. The molecule has 0 N–H and O–H groups in total. The van der Waals surface area contributed by atoms with Gasteiger partial charge >= 0.3 is 0 Å². The molecule has 0 fully saturated rings. The molecule has 88 valence electrons. The van der Waals surface area contributed by atoms with Gasteiger partial charge in [0.25, 0.3) is 0 Å². The van der Waals surface area contributed by atoms with Crippen molar-refractivity contribution in [3.63, 3.8) is 0 Å². The predicted octanol–water partition coefficient (Wildman–Crippen LogP) is 4.77. The van der Waals surface area contributed by atoms with Crippen LogP contribution in [0.25, 0.3) is 0 Å². The molecule has 16 heavy (non-hydrogen) atoms. The summed E-state index contributed by atoms with van der Waals surface area (Å²) in [5.41, 5.74) is 5.29. The fraction of sp³-hybridized carbons (Fsp3) is 0.625. The minimum absolute atomic E-state index is 0.337. The zero-order chi connectivity index (χ0) is 12.1. The van der Waals surface area contributed by atoms with Crippen molar-refractivity contribution in [2.75, 3.05) is 0 Å². The Morgan fingerprint density at radius 2 is 1.50 bits per heavy atom. The van der Waals surface area contributed by atoms with Crippen LogP contribution in [-0.4, -0.2) is 0 Å². The van der Waals surface area contributed by atoms with Crippen molar-refractivity contribution in [2.45, 2.75) is 64.7 Å². The first-order valence-electron chi connectivity index (χ1n) is 6.39. The van der Waals surface area contributed by atoms with Gasteiger partial charge in [0.05, 0.1) is 0 Å². The molecule has 0 unspecified atom stereocenters. The molecular weight excluding hydrogens is 192 g/mol. The summed E-state index contributed by atoms with van der Waals surface area (Å²) in [4.78, 5) is 0. The zero-order valence-corrected chi connectivity index (χ0v) is 11.5. The van der Waals surface area contributed by atoms with Crippen LogP contribution in [-0.2, 0) is 10.8 Å². The van der Waals surface area contributed by atoms with Gasteiger partial charge in [-0.1, -0.05) is 59.7 Å². The summed E-state index contributed by atoms with van der Waals surface area (Å²) in [5.74, 6) is 0.629. The molecule has 1 aromatic rings. The van der Waals surface area contributed by atoms with Gasteiger partial charge in [0.1, 0.15) is 0 Å². The average molecular weight is 216 g/mol. The highest BCUT2D eigenvalue weighted by atomic mass is 14.5.